The Morgan fingerprint density at radius 3 is 2.36 bits per heavy atom. The second-order valence-electron chi connectivity index (χ2n) is 2.67. The van der Waals surface area contributed by atoms with E-state index in [1.165, 1.54) is 6.07 Å². The molecule has 0 heterocycles. The van der Waals surface area contributed by atoms with Crippen LogP contribution in [0.1, 0.15) is 11.1 Å². The quantitative estimate of drug-likeness (QED) is 0.653. The fourth-order valence-electron chi connectivity index (χ4n) is 1.10. The summed E-state index contributed by atoms with van der Waals surface area (Å²) in [5.74, 6) is -0.153. The topological polar surface area (TPSA) is 12.0 Å². The van der Waals surface area contributed by atoms with E-state index < -0.39 is 0 Å². The SMILES string of the molecule is CNc1cc(F)c(C)cc1C. The molecule has 1 aromatic carbocycles. The Morgan fingerprint density at radius 1 is 1.18 bits per heavy atom. The molecule has 1 rings (SSSR count). The zero-order chi connectivity index (χ0) is 8.43. The van der Waals surface area contributed by atoms with Crippen molar-refractivity contribution < 1.29 is 4.39 Å². The Bertz CT molecular complexity index is 269. The van der Waals surface area contributed by atoms with E-state index in [4.69, 9.17) is 0 Å². The molecule has 0 spiro atoms. The van der Waals surface area contributed by atoms with Gasteiger partial charge in [0.2, 0.25) is 0 Å². The van der Waals surface area contributed by atoms with Gasteiger partial charge in [-0.25, -0.2) is 4.39 Å². The summed E-state index contributed by atoms with van der Waals surface area (Å²) in [7, 11) is 1.79. The first kappa shape index (κ1) is 8.05. The zero-order valence-electron chi connectivity index (χ0n) is 7.03. The first-order chi connectivity index (χ1) is 5.15. The molecule has 0 amide bonds. The fraction of sp³-hybridized carbons (Fsp3) is 0.333. The van der Waals surface area contributed by atoms with Crippen LogP contribution < -0.4 is 5.32 Å². The van der Waals surface area contributed by atoms with E-state index >= 15 is 0 Å². The highest BCUT2D eigenvalue weighted by Crippen LogP contribution is 2.18. The van der Waals surface area contributed by atoms with Crippen molar-refractivity contribution in [2.45, 2.75) is 13.8 Å². The van der Waals surface area contributed by atoms with Gasteiger partial charge in [0, 0.05) is 12.7 Å². The van der Waals surface area contributed by atoms with E-state index in [0.29, 0.717) is 5.56 Å². The van der Waals surface area contributed by atoms with Crippen LogP contribution >= 0.6 is 0 Å². The Labute approximate surface area is 66.2 Å². The van der Waals surface area contributed by atoms with Gasteiger partial charge in [0.05, 0.1) is 0 Å². The molecule has 0 saturated carbocycles. The summed E-state index contributed by atoms with van der Waals surface area (Å²) in [6, 6.07) is 3.35. The molecule has 0 fully saturated rings. The summed E-state index contributed by atoms with van der Waals surface area (Å²) in [4.78, 5) is 0. The standard InChI is InChI=1S/C9H12FN/c1-6-4-7(2)9(11-3)5-8(6)10/h4-5,11H,1-3H3. The van der Waals surface area contributed by atoms with Gasteiger partial charge in [-0.05, 0) is 31.0 Å². The normalized spacial score (nSPS) is 9.82. The first-order valence-electron chi connectivity index (χ1n) is 3.59. The Kier molecular flexibility index (Phi) is 2.13. The molecule has 0 aromatic heterocycles. The molecule has 1 nitrogen and oxygen atoms in total. The maximum atomic E-state index is 12.9. The van der Waals surface area contributed by atoms with Gasteiger partial charge in [0.15, 0.2) is 0 Å². The van der Waals surface area contributed by atoms with Crippen molar-refractivity contribution in [1.29, 1.82) is 0 Å². The molecule has 2 heteroatoms. The van der Waals surface area contributed by atoms with E-state index in [2.05, 4.69) is 5.32 Å². The van der Waals surface area contributed by atoms with Gasteiger partial charge in [0.25, 0.3) is 0 Å². The van der Waals surface area contributed by atoms with E-state index in [1.807, 2.05) is 13.0 Å². The summed E-state index contributed by atoms with van der Waals surface area (Å²) < 4.78 is 12.9. The van der Waals surface area contributed by atoms with Crippen LogP contribution in [0.3, 0.4) is 0 Å². The number of hydrogen-bond acceptors (Lipinski definition) is 1. The number of anilines is 1. The predicted octanol–water partition coefficient (Wildman–Crippen LogP) is 2.48. The third-order valence-corrected chi connectivity index (χ3v) is 1.77. The van der Waals surface area contributed by atoms with Crippen LogP contribution in [0.5, 0.6) is 0 Å². The molecule has 11 heavy (non-hydrogen) atoms. The fourth-order valence-corrected chi connectivity index (χ4v) is 1.10. The monoisotopic (exact) mass is 153 g/mol. The van der Waals surface area contributed by atoms with Crippen LogP contribution in [0.4, 0.5) is 10.1 Å². The lowest BCUT2D eigenvalue weighted by atomic mass is 10.1. The molecule has 0 saturated heterocycles. The predicted molar refractivity (Wildman–Crippen MR) is 45.4 cm³/mol. The highest BCUT2D eigenvalue weighted by atomic mass is 19.1. The van der Waals surface area contributed by atoms with Crippen molar-refractivity contribution in [2.24, 2.45) is 0 Å². The number of aryl methyl sites for hydroxylation is 2. The van der Waals surface area contributed by atoms with Crippen LogP contribution in [0.2, 0.25) is 0 Å². The van der Waals surface area contributed by atoms with Crippen LogP contribution in [0, 0.1) is 19.7 Å². The Morgan fingerprint density at radius 2 is 1.82 bits per heavy atom. The minimum atomic E-state index is -0.153. The molecule has 0 aliphatic heterocycles. The second kappa shape index (κ2) is 2.91. The summed E-state index contributed by atoms with van der Waals surface area (Å²) in [5, 5.41) is 2.92. The summed E-state index contributed by atoms with van der Waals surface area (Å²) in [5.41, 5.74) is 2.63. The van der Waals surface area contributed by atoms with Crippen LogP contribution in [-0.2, 0) is 0 Å². The number of nitrogens with one attached hydrogen (secondary N) is 1. The van der Waals surface area contributed by atoms with Crippen LogP contribution in [-0.4, -0.2) is 7.05 Å². The third kappa shape index (κ3) is 1.50. The number of hydrogen-bond donors (Lipinski definition) is 1. The minimum Gasteiger partial charge on any atom is -0.388 e. The number of halogens is 1. The van der Waals surface area contributed by atoms with E-state index in [1.54, 1.807) is 14.0 Å². The Hall–Kier alpha value is -1.05. The van der Waals surface area contributed by atoms with Crippen LogP contribution in [0.15, 0.2) is 12.1 Å². The lowest BCUT2D eigenvalue weighted by Crippen LogP contribution is -1.94. The van der Waals surface area contributed by atoms with Gasteiger partial charge in [0.1, 0.15) is 5.82 Å². The lowest BCUT2D eigenvalue weighted by Gasteiger charge is -2.06. The van der Waals surface area contributed by atoms with E-state index in [-0.39, 0.29) is 5.82 Å². The van der Waals surface area contributed by atoms with Gasteiger partial charge in [-0.1, -0.05) is 6.07 Å². The summed E-state index contributed by atoms with van der Waals surface area (Å²) in [6.45, 7) is 3.72. The van der Waals surface area contributed by atoms with Crippen molar-refractivity contribution in [3.05, 3.63) is 29.1 Å². The molecule has 0 aliphatic rings. The smallest absolute Gasteiger partial charge is 0.128 e. The average Bonchev–Trinajstić information content (AvgIpc) is 1.97. The van der Waals surface area contributed by atoms with Crippen LogP contribution in [0.25, 0.3) is 0 Å². The third-order valence-electron chi connectivity index (χ3n) is 1.77. The molecule has 0 bridgehead atoms. The summed E-state index contributed by atoms with van der Waals surface area (Å²) >= 11 is 0. The number of rotatable bonds is 1. The van der Waals surface area contributed by atoms with E-state index in [0.717, 1.165) is 11.3 Å². The molecule has 0 aliphatic carbocycles. The van der Waals surface area contributed by atoms with Crippen molar-refractivity contribution in [3.8, 4) is 0 Å². The first-order valence-corrected chi connectivity index (χ1v) is 3.59. The largest absolute Gasteiger partial charge is 0.388 e. The highest BCUT2D eigenvalue weighted by Gasteiger charge is 2.01. The van der Waals surface area contributed by atoms with E-state index in [9.17, 15) is 4.39 Å². The maximum absolute atomic E-state index is 12.9. The lowest BCUT2D eigenvalue weighted by molar-refractivity contribution is 0.618. The molecular weight excluding hydrogens is 141 g/mol. The average molecular weight is 153 g/mol. The zero-order valence-corrected chi connectivity index (χ0v) is 7.03. The molecule has 0 radical (unpaired) electrons. The summed E-state index contributed by atoms with van der Waals surface area (Å²) in [6.07, 6.45) is 0. The van der Waals surface area contributed by atoms with Crippen molar-refractivity contribution >= 4 is 5.69 Å². The van der Waals surface area contributed by atoms with Crippen molar-refractivity contribution in [3.63, 3.8) is 0 Å². The van der Waals surface area contributed by atoms with Gasteiger partial charge < -0.3 is 5.32 Å². The molecule has 1 aromatic rings. The molecule has 1 N–H and O–H groups in total. The number of benzene rings is 1. The van der Waals surface area contributed by atoms with Crippen molar-refractivity contribution in [2.75, 3.05) is 12.4 Å². The van der Waals surface area contributed by atoms with Crippen molar-refractivity contribution in [1.82, 2.24) is 0 Å². The highest BCUT2D eigenvalue weighted by molar-refractivity contribution is 5.51. The van der Waals surface area contributed by atoms with Gasteiger partial charge >= 0.3 is 0 Å². The van der Waals surface area contributed by atoms with Gasteiger partial charge in [-0.3, -0.25) is 0 Å². The minimum absolute atomic E-state index is 0.153. The van der Waals surface area contributed by atoms with Gasteiger partial charge in [-0.15, -0.1) is 0 Å². The Balaban J connectivity index is 3.21. The molecule has 0 atom stereocenters. The van der Waals surface area contributed by atoms with Gasteiger partial charge in [-0.2, -0.15) is 0 Å². The molecular formula is C9H12FN. The molecule has 0 unspecified atom stereocenters. The second-order valence-corrected chi connectivity index (χ2v) is 2.67. The maximum Gasteiger partial charge on any atom is 0.128 e. The molecule has 60 valence electrons.